The minimum Gasteiger partial charge on any atom is -0.397 e. The zero-order valence-corrected chi connectivity index (χ0v) is 26.8. The lowest BCUT2D eigenvalue weighted by atomic mass is 9.95. The van der Waals surface area contributed by atoms with Gasteiger partial charge in [-0.2, -0.15) is 0 Å². The van der Waals surface area contributed by atoms with Crippen LogP contribution >= 0.6 is 0 Å². The highest BCUT2D eigenvalue weighted by Gasteiger charge is 2.23. The van der Waals surface area contributed by atoms with Gasteiger partial charge in [-0.05, 0) is 73.9 Å². The number of nitrogens with two attached hydrogens (primary N) is 1. The summed E-state index contributed by atoms with van der Waals surface area (Å²) in [6, 6.07) is 11.0. The van der Waals surface area contributed by atoms with E-state index < -0.39 is 5.41 Å². The van der Waals surface area contributed by atoms with Crippen molar-refractivity contribution in [2.24, 2.45) is 17.3 Å². The van der Waals surface area contributed by atoms with Gasteiger partial charge >= 0.3 is 0 Å². The minimum atomic E-state index is -0.498. The van der Waals surface area contributed by atoms with Gasteiger partial charge in [0, 0.05) is 70.2 Å². The van der Waals surface area contributed by atoms with E-state index in [1.54, 1.807) is 12.1 Å². The first-order valence-corrected chi connectivity index (χ1v) is 15.4. The summed E-state index contributed by atoms with van der Waals surface area (Å²) in [6.07, 6.45) is 4.27. The number of rotatable bonds is 9. The van der Waals surface area contributed by atoms with Gasteiger partial charge in [0.25, 0.3) is 0 Å². The minimum absolute atomic E-state index is 0.0680. The number of anilines is 6. The monoisotopic (exact) mass is 610 g/mol. The van der Waals surface area contributed by atoms with Crippen molar-refractivity contribution in [1.82, 2.24) is 0 Å². The number of hydrogen-bond donors (Lipinski definition) is 6. The van der Waals surface area contributed by atoms with E-state index in [0.717, 1.165) is 82.3 Å². The molecule has 0 bridgehead atoms. The third kappa shape index (κ3) is 12.0. The topological polar surface area (TPSA) is 156 Å². The van der Waals surface area contributed by atoms with E-state index in [0.29, 0.717) is 28.9 Å². The Morgan fingerprint density at radius 3 is 1.61 bits per heavy atom. The first-order valence-electron chi connectivity index (χ1n) is 15.4. The van der Waals surface area contributed by atoms with Crippen LogP contribution in [-0.2, 0) is 23.9 Å². The molecule has 2 aliphatic heterocycles. The van der Waals surface area contributed by atoms with Crippen LogP contribution in [-0.4, -0.2) is 57.2 Å². The summed E-state index contributed by atoms with van der Waals surface area (Å²) >= 11 is 0. The molecule has 0 radical (unpaired) electrons. The van der Waals surface area contributed by atoms with Crippen molar-refractivity contribution in [2.45, 2.75) is 60.3 Å². The molecule has 0 unspecified atom stereocenters. The maximum atomic E-state index is 12.4. The Balaban J connectivity index is 0.000000249. The van der Waals surface area contributed by atoms with E-state index in [9.17, 15) is 14.4 Å². The second kappa shape index (κ2) is 16.9. The van der Waals surface area contributed by atoms with Crippen molar-refractivity contribution >= 4 is 51.8 Å². The van der Waals surface area contributed by atoms with Gasteiger partial charge in [-0.15, -0.1) is 0 Å². The Kier molecular flexibility index (Phi) is 13.3. The number of amides is 3. The second-order valence-corrected chi connectivity index (χ2v) is 12.5. The Bertz CT molecular complexity index is 1250. The first-order chi connectivity index (χ1) is 20.9. The number of carbonyl (C=O) groups excluding carboxylic acids is 3. The molecule has 2 aromatic carbocycles. The highest BCUT2D eigenvalue weighted by molar-refractivity contribution is 5.99. The highest BCUT2D eigenvalue weighted by atomic mass is 16.5. The smallest absolute Gasteiger partial charge is 0.229 e. The van der Waals surface area contributed by atoms with Crippen molar-refractivity contribution in [2.75, 3.05) is 71.8 Å². The fourth-order valence-corrected chi connectivity index (χ4v) is 4.81. The molecule has 3 amide bonds. The van der Waals surface area contributed by atoms with Gasteiger partial charge in [0.15, 0.2) is 0 Å². The zero-order chi connectivity index (χ0) is 32.1. The number of hydrogen-bond acceptors (Lipinski definition) is 8. The van der Waals surface area contributed by atoms with Crippen LogP contribution in [0.3, 0.4) is 0 Å². The molecule has 7 N–H and O–H groups in total. The summed E-state index contributed by atoms with van der Waals surface area (Å²) in [5.41, 5.74) is 9.97. The number of nitrogen functional groups attached to an aromatic ring is 1. The summed E-state index contributed by atoms with van der Waals surface area (Å²) in [7, 11) is 0. The van der Waals surface area contributed by atoms with Gasteiger partial charge in [0.2, 0.25) is 17.7 Å². The number of ether oxygens (including phenoxy) is 2. The fraction of sp³-hybridized carbons (Fsp3) is 0.545. The van der Waals surface area contributed by atoms with Crippen molar-refractivity contribution in [3.8, 4) is 0 Å². The third-order valence-corrected chi connectivity index (χ3v) is 7.49. The Labute approximate surface area is 261 Å². The lowest BCUT2D eigenvalue weighted by Gasteiger charge is -2.24. The van der Waals surface area contributed by atoms with Crippen molar-refractivity contribution < 1.29 is 23.9 Å². The molecular formula is C33H50N6O5. The summed E-state index contributed by atoms with van der Waals surface area (Å²) in [5.74, 6) is 0.901. The summed E-state index contributed by atoms with van der Waals surface area (Å²) in [6.45, 7) is 13.6. The molecular weight excluding hydrogens is 560 g/mol. The van der Waals surface area contributed by atoms with E-state index in [1.807, 2.05) is 45.0 Å². The van der Waals surface area contributed by atoms with E-state index in [4.69, 9.17) is 15.2 Å². The van der Waals surface area contributed by atoms with Gasteiger partial charge < -0.3 is 41.8 Å². The fourth-order valence-electron chi connectivity index (χ4n) is 4.81. The largest absolute Gasteiger partial charge is 0.397 e. The Morgan fingerprint density at radius 1 is 0.705 bits per heavy atom. The normalized spacial score (nSPS) is 15.8. The van der Waals surface area contributed by atoms with E-state index >= 15 is 0 Å². The Morgan fingerprint density at radius 2 is 1.16 bits per heavy atom. The number of benzene rings is 2. The van der Waals surface area contributed by atoms with Crippen molar-refractivity contribution in [3.05, 3.63) is 36.4 Å². The molecule has 2 aromatic rings. The second-order valence-electron chi connectivity index (χ2n) is 12.5. The predicted molar refractivity (Wildman–Crippen MR) is 178 cm³/mol. The molecule has 0 spiro atoms. The molecule has 0 atom stereocenters. The predicted octanol–water partition coefficient (Wildman–Crippen LogP) is 5.53. The van der Waals surface area contributed by atoms with Crippen molar-refractivity contribution in [3.63, 3.8) is 0 Å². The highest BCUT2D eigenvalue weighted by Crippen LogP contribution is 2.29. The molecule has 0 saturated carbocycles. The summed E-state index contributed by atoms with van der Waals surface area (Å²) in [5, 5.41) is 15.3. The third-order valence-electron chi connectivity index (χ3n) is 7.49. The summed E-state index contributed by atoms with van der Waals surface area (Å²) in [4.78, 5) is 34.6. The maximum absolute atomic E-state index is 12.4. The molecule has 2 heterocycles. The summed E-state index contributed by atoms with van der Waals surface area (Å²) < 4.78 is 10.7. The van der Waals surface area contributed by atoms with Gasteiger partial charge in [0.05, 0.1) is 22.7 Å². The van der Waals surface area contributed by atoms with Gasteiger partial charge in [0.1, 0.15) is 0 Å². The van der Waals surface area contributed by atoms with Crippen LogP contribution in [0.2, 0.25) is 0 Å². The van der Waals surface area contributed by atoms with Crippen LogP contribution in [0.1, 0.15) is 60.3 Å². The van der Waals surface area contributed by atoms with Crippen LogP contribution in [0, 0.1) is 17.3 Å². The molecule has 2 fully saturated rings. The molecule has 11 nitrogen and oxygen atoms in total. The molecule has 2 aliphatic rings. The number of nitrogens with one attached hydrogen (secondary N) is 5. The van der Waals surface area contributed by atoms with Gasteiger partial charge in [-0.25, -0.2) is 0 Å². The molecule has 2 saturated heterocycles. The SMILES string of the molecule is CC(=O)Nc1ccc(NCC2CCOCC2)c(N)c1.CC(=O)Nc1ccc(NCC2CCOCC2)c(NC(=O)C(C)(C)C)c1. The van der Waals surface area contributed by atoms with Crippen LogP contribution in [0.15, 0.2) is 36.4 Å². The standard InChI is InChI=1S/C19H29N3O3.C14H21N3O2/c1-13(23)21-15-5-6-16(20-12-14-7-9-25-10-8-14)17(11-15)22-18(24)19(2,3)4;1-10(18)17-12-2-3-14(13(15)8-12)16-9-11-4-6-19-7-5-11/h5-6,11,14,20H,7-10,12H2,1-4H3,(H,21,23)(H,22,24);2-3,8,11,16H,4-7,9,15H2,1H3,(H,17,18). The van der Waals surface area contributed by atoms with Crippen LogP contribution in [0.5, 0.6) is 0 Å². The zero-order valence-electron chi connectivity index (χ0n) is 26.8. The van der Waals surface area contributed by atoms with Crippen molar-refractivity contribution in [1.29, 1.82) is 0 Å². The van der Waals surface area contributed by atoms with E-state index in [2.05, 4.69) is 26.6 Å². The lowest BCUT2D eigenvalue weighted by molar-refractivity contribution is -0.123. The molecule has 11 heteroatoms. The molecule has 242 valence electrons. The average Bonchev–Trinajstić information content (AvgIpc) is 2.97. The molecule has 44 heavy (non-hydrogen) atoms. The number of carbonyl (C=O) groups is 3. The average molecular weight is 611 g/mol. The first kappa shape index (κ1) is 34.7. The van der Waals surface area contributed by atoms with Gasteiger partial charge in [-0.3, -0.25) is 14.4 Å². The van der Waals surface area contributed by atoms with Crippen LogP contribution in [0.25, 0.3) is 0 Å². The lowest BCUT2D eigenvalue weighted by Crippen LogP contribution is -2.28. The quantitative estimate of drug-likeness (QED) is 0.202. The van der Waals surface area contributed by atoms with Crippen LogP contribution < -0.4 is 32.3 Å². The van der Waals surface area contributed by atoms with Gasteiger partial charge in [-0.1, -0.05) is 20.8 Å². The Hall–Kier alpha value is -3.83. The van der Waals surface area contributed by atoms with E-state index in [1.165, 1.54) is 13.8 Å². The molecule has 0 aromatic heterocycles. The van der Waals surface area contributed by atoms with Crippen LogP contribution in [0.4, 0.5) is 34.1 Å². The maximum Gasteiger partial charge on any atom is 0.229 e. The van der Waals surface area contributed by atoms with E-state index in [-0.39, 0.29) is 17.7 Å². The molecule has 4 rings (SSSR count). The molecule has 0 aliphatic carbocycles.